The third-order valence-electron chi connectivity index (χ3n) is 2.64. The standard InChI is InChI=1S/C15H12BrFOS/c1-10(18)11-3-2-4-14(8-11)19-9-12-7-13(16)5-6-15(12)17/h2-8H,9H2,1H3. The number of hydrogen-bond donors (Lipinski definition) is 0. The van der Waals surface area contributed by atoms with E-state index in [2.05, 4.69) is 15.9 Å². The maximum Gasteiger partial charge on any atom is 0.159 e. The van der Waals surface area contributed by atoms with Crippen molar-refractivity contribution in [3.63, 3.8) is 0 Å². The highest BCUT2D eigenvalue weighted by Crippen LogP contribution is 2.26. The van der Waals surface area contributed by atoms with Crippen molar-refractivity contribution in [2.24, 2.45) is 0 Å². The molecule has 1 nitrogen and oxygen atoms in total. The van der Waals surface area contributed by atoms with Crippen LogP contribution in [0.15, 0.2) is 51.8 Å². The van der Waals surface area contributed by atoms with Crippen molar-refractivity contribution >= 4 is 33.5 Å². The van der Waals surface area contributed by atoms with E-state index in [4.69, 9.17) is 0 Å². The van der Waals surface area contributed by atoms with Gasteiger partial charge in [-0.05, 0) is 42.8 Å². The fourth-order valence-corrected chi connectivity index (χ4v) is 2.96. The van der Waals surface area contributed by atoms with Gasteiger partial charge in [0, 0.05) is 20.7 Å². The van der Waals surface area contributed by atoms with E-state index in [1.165, 1.54) is 24.8 Å². The number of carbonyl (C=O) groups is 1. The summed E-state index contributed by atoms with van der Waals surface area (Å²) in [6.07, 6.45) is 0. The Morgan fingerprint density at radius 1 is 1.26 bits per heavy atom. The lowest BCUT2D eigenvalue weighted by Gasteiger charge is -2.05. The summed E-state index contributed by atoms with van der Waals surface area (Å²) < 4.78 is 14.5. The van der Waals surface area contributed by atoms with Gasteiger partial charge in [0.1, 0.15) is 5.82 Å². The van der Waals surface area contributed by atoms with Crippen LogP contribution in [0.4, 0.5) is 4.39 Å². The summed E-state index contributed by atoms with van der Waals surface area (Å²) in [5, 5.41) is 0. The number of hydrogen-bond acceptors (Lipinski definition) is 2. The number of ketones is 1. The molecular formula is C15H12BrFOS. The first-order chi connectivity index (χ1) is 9.06. The molecule has 0 aliphatic heterocycles. The second-order valence-corrected chi connectivity index (χ2v) is 6.07. The molecule has 0 aromatic heterocycles. The van der Waals surface area contributed by atoms with Gasteiger partial charge < -0.3 is 0 Å². The van der Waals surface area contributed by atoms with Crippen LogP contribution in [0.2, 0.25) is 0 Å². The van der Waals surface area contributed by atoms with Crippen LogP contribution in [0.5, 0.6) is 0 Å². The second kappa shape index (κ2) is 6.35. The van der Waals surface area contributed by atoms with E-state index in [0.29, 0.717) is 16.9 Å². The van der Waals surface area contributed by atoms with Crippen LogP contribution in [0.3, 0.4) is 0 Å². The van der Waals surface area contributed by atoms with Crippen molar-refractivity contribution in [1.82, 2.24) is 0 Å². The Kier molecular flexibility index (Phi) is 4.77. The molecule has 0 amide bonds. The molecule has 0 unspecified atom stereocenters. The predicted octanol–water partition coefficient (Wildman–Crippen LogP) is 5.08. The highest BCUT2D eigenvalue weighted by Gasteiger charge is 2.05. The Bertz CT molecular complexity index is 613. The molecule has 0 spiro atoms. The van der Waals surface area contributed by atoms with E-state index in [9.17, 15) is 9.18 Å². The molecule has 0 N–H and O–H groups in total. The number of rotatable bonds is 4. The van der Waals surface area contributed by atoms with E-state index in [1.807, 2.05) is 18.2 Å². The van der Waals surface area contributed by atoms with Crippen LogP contribution in [0.25, 0.3) is 0 Å². The predicted molar refractivity (Wildman–Crippen MR) is 80.1 cm³/mol. The van der Waals surface area contributed by atoms with Crippen LogP contribution >= 0.6 is 27.7 Å². The van der Waals surface area contributed by atoms with E-state index in [1.54, 1.807) is 18.2 Å². The molecule has 0 saturated heterocycles. The maximum atomic E-state index is 13.6. The van der Waals surface area contributed by atoms with Crippen LogP contribution in [0.1, 0.15) is 22.8 Å². The smallest absolute Gasteiger partial charge is 0.159 e. The molecule has 0 atom stereocenters. The van der Waals surface area contributed by atoms with Gasteiger partial charge in [-0.2, -0.15) is 0 Å². The highest BCUT2D eigenvalue weighted by atomic mass is 79.9. The normalized spacial score (nSPS) is 10.5. The Balaban J connectivity index is 2.12. The number of thioether (sulfide) groups is 1. The molecule has 2 aromatic rings. The molecule has 0 heterocycles. The van der Waals surface area contributed by atoms with Crippen molar-refractivity contribution in [3.05, 3.63) is 63.9 Å². The first-order valence-electron chi connectivity index (χ1n) is 5.74. The van der Waals surface area contributed by atoms with Crippen molar-refractivity contribution in [2.45, 2.75) is 17.6 Å². The number of Topliss-reactive ketones (excluding diaryl/α,β-unsaturated/α-hetero) is 1. The first-order valence-corrected chi connectivity index (χ1v) is 7.52. The average molecular weight is 339 g/mol. The zero-order valence-corrected chi connectivity index (χ0v) is 12.7. The molecule has 0 radical (unpaired) electrons. The Labute approximate surface area is 124 Å². The zero-order valence-electron chi connectivity index (χ0n) is 10.3. The minimum atomic E-state index is -0.210. The number of halogens is 2. The lowest BCUT2D eigenvalue weighted by atomic mass is 10.2. The molecule has 98 valence electrons. The minimum absolute atomic E-state index is 0.0380. The molecule has 0 aliphatic carbocycles. The fraction of sp³-hybridized carbons (Fsp3) is 0.133. The summed E-state index contributed by atoms with van der Waals surface area (Å²) in [6, 6.07) is 12.3. The minimum Gasteiger partial charge on any atom is -0.295 e. The van der Waals surface area contributed by atoms with Crippen LogP contribution in [0, 0.1) is 5.82 Å². The van der Waals surface area contributed by atoms with E-state index >= 15 is 0 Å². The molecule has 0 aliphatic rings. The Morgan fingerprint density at radius 2 is 2.05 bits per heavy atom. The van der Waals surface area contributed by atoms with Gasteiger partial charge in [0.15, 0.2) is 5.78 Å². The van der Waals surface area contributed by atoms with Crippen LogP contribution in [-0.2, 0) is 5.75 Å². The van der Waals surface area contributed by atoms with Crippen LogP contribution in [-0.4, -0.2) is 5.78 Å². The van der Waals surface area contributed by atoms with Gasteiger partial charge in [-0.1, -0.05) is 28.1 Å². The summed E-state index contributed by atoms with van der Waals surface area (Å²) in [5.74, 6) is 0.363. The molecule has 4 heteroatoms. The lowest BCUT2D eigenvalue weighted by molar-refractivity contribution is 0.101. The fourth-order valence-electron chi connectivity index (χ4n) is 1.62. The van der Waals surface area contributed by atoms with Gasteiger partial charge in [-0.3, -0.25) is 4.79 Å². The molecule has 2 aromatic carbocycles. The third kappa shape index (κ3) is 3.91. The Hall–Kier alpha value is -1.13. The van der Waals surface area contributed by atoms with Gasteiger partial charge in [-0.15, -0.1) is 11.8 Å². The maximum absolute atomic E-state index is 13.6. The van der Waals surface area contributed by atoms with E-state index in [0.717, 1.165) is 9.37 Å². The van der Waals surface area contributed by atoms with E-state index in [-0.39, 0.29) is 11.6 Å². The Morgan fingerprint density at radius 3 is 2.79 bits per heavy atom. The lowest BCUT2D eigenvalue weighted by Crippen LogP contribution is -1.92. The van der Waals surface area contributed by atoms with Gasteiger partial charge in [0.2, 0.25) is 0 Å². The third-order valence-corrected chi connectivity index (χ3v) is 4.18. The molecule has 0 fully saturated rings. The van der Waals surface area contributed by atoms with Crippen molar-refractivity contribution in [1.29, 1.82) is 0 Å². The monoisotopic (exact) mass is 338 g/mol. The average Bonchev–Trinajstić information content (AvgIpc) is 2.40. The molecule has 0 bridgehead atoms. The zero-order chi connectivity index (χ0) is 13.8. The summed E-state index contributed by atoms with van der Waals surface area (Å²) in [6.45, 7) is 1.54. The first kappa shape index (κ1) is 14.3. The van der Waals surface area contributed by atoms with Crippen molar-refractivity contribution < 1.29 is 9.18 Å². The molecule has 19 heavy (non-hydrogen) atoms. The summed E-state index contributed by atoms with van der Waals surface area (Å²) in [4.78, 5) is 12.3. The van der Waals surface area contributed by atoms with E-state index < -0.39 is 0 Å². The van der Waals surface area contributed by atoms with Crippen molar-refractivity contribution in [3.8, 4) is 0 Å². The molecular weight excluding hydrogens is 327 g/mol. The second-order valence-electron chi connectivity index (χ2n) is 4.11. The molecule has 2 rings (SSSR count). The SMILES string of the molecule is CC(=O)c1cccc(SCc2cc(Br)ccc2F)c1. The van der Waals surface area contributed by atoms with Crippen molar-refractivity contribution in [2.75, 3.05) is 0 Å². The van der Waals surface area contributed by atoms with Gasteiger partial charge >= 0.3 is 0 Å². The summed E-state index contributed by atoms with van der Waals surface area (Å²) in [5.41, 5.74) is 1.33. The van der Waals surface area contributed by atoms with Gasteiger partial charge in [0.05, 0.1) is 0 Å². The quantitative estimate of drug-likeness (QED) is 0.571. The number of carbonyl (C=O) groups excluding carboxylic acids is 1. The topological polar surface area (TPSA) is 17.1 Å². The number of benzene rings is 2. The summed E-state index contributed by atoms with van der Waals surface area (Å²) >= 11 is 4.85. The molecule has 0 saturated carbocycles. The largest absolute Gasteiger partial charge is 0.295 e. The summed E-state index contributed by atoms with van der Waals surface area (Å²) in [7, 11) is 0. The van der Waals surface area contributed by atoms with Gasteiger partial charge in [0.25, 0.3) is 0 Å². The highest BCUT2D eigenvalue weighted by molar-refractivity contribution is 9.10. The van der Waals surface area contributed by atoms with Crippen LogP contribution < -0.4 is 0 Å². The van der Waals surface area contributed by atoms with Gasteiger partial charge in [-0.25, -0.2) is 4.39 Å².